The number of aryl methyl sites for hydroxylation is 1. The van der Waals surface area contributed by atoms with Gasteiger partial charge in [0, 0.05) is 16.9 Å². The Labute approximate surface area is 182 Å². The molecule has 7 nitrogen and oxygen atoms in total. The van der Waals surface area contributed by atoms with Crippen molar-refractivity contribution >= 4 is 40.2 Å². The third-order valence-electron chi connectivity index (χ3n) is 4.68. The number of benzene rings is 2. The van der Waals surface area contributed by atoms with Gasteiger partial charge in [-0.25, -0.2) is 4.98 Å². The fourth-order valence-electron chi connectivity index (χ4n) is 3.19. The lowest BCUT2D eigenvalue weighted by Crippen LogP contribution is -2.23. The van der Waals surface area contributed by atoms with E-state index in [1.807, 2.05) is 43.3 Å². The summed E-state index contributed by atoms with van der Waals surface area (Å²) in [5, 5.41) is 3.24. The topological polar surface area (TPSA) is 96.8 Å². The van der Waals surface area contributed by atoms with Gasteiger partial charge in [0.15, 0.2) is 10.9 Å². The highest BCUT2D eigenvalue weighted by Gasteiger charge is 2.16. The van der Waals surface area contributed by atoms with Crippen LogP contribution in [0.1, 0.15) is 23.0 Å². The molecule has 31 heavy (non-hydrogen) atoms. The predicted molar refractivity (Wildman–Crippen MR) is 122 cm³/mol. The van der Waals surface area contributed by atoms with E-state index in [9.17, 15) is 14.4 Å². The summed E-state index contributed by atoms with van der Waals surface area (Å²) in [7, 11) is 0. The zero-order chi connectivity index (χ0) is 22.0. The number of nitrogens with one attached hydrogen (secondary N) is 2. The van der Waals surface area contributed by atoms with E-state index < -0.39 is 0 Å². The molecule has 0 radical (unpaired) electrons. The fourth-order valence-corrected chi connectivity index (χ4v) is 4.01. The monoisotopic (exact) mass is 432 g/mol. The number of hydrogen-bond donors (Lipinski definition) is 2. The molecule has 0 fully saturated rings. The van der Waals surface area contributed by atoms with Crippen molar-refractivity contribution in [2.24, 2.45) is 0 Å². The van der Waals surface area contributed by atoms with Crippen LogP contribution in [-0.4, -0.2) is 32.0 Å². The Balaban J connectivity index is 1.59. The third kappa shape index (κ3) is 4.44. The Kier molecular flexibility index (Phi) is 5.73. The number of carbonyl (C=O) groups is 2. The first-order valence-corrected chi connectivity index (χ1v) is 10.6. The molecular weight excluding hydrogens is 412 g/mol. The summed E-state index contributed by atoms with van der Waals surface area (Å²) in [6.07, 6.45) is 0. The van der Waals surface area contributed by atoms with Crippen LogP contribution in [0.5, 0.6) is 0 Å². The molecule has 0 saturated carbocycles. The standard InChI is InChI=1S/C23H20N4O3S/c1-14-12-19-21(24-14)22(30)27(18-6-4-3-5-7-18)23(26-19)31-13-20(29)25-17-10-8-16(9-11-17)15(2)28/h3-12,24H,13H2,1-2H3,(H,25,29). The molecule has 1 amide bonds. The second-order valence-corrected chi connectivity index (χ2v) is 8.00. The summed E-state index contributed by atoms with van der Waals surface area (Å²) in [4.78, 5) is 44.7. The van der Waals surface area contributed by atoms with Gasteiger partial charge < -0.3 is 10.3 Å². The summed E-state index contributed by atoms with van der Waals surface area (Å²) in [5.74, 6) is -0.198. The number of Topliss-reactive ketones (excluding diaryl/α,β-unsaturated/α-hetero) is 1. The first-order valence-electron chi connectivity index (χ1n) is 9.64. The van der Waals surface area contributed by atoms with Crippen molar-refractivity contribution in [1.29, 1.82) is 0 Å². The Morgan fingerprint density at radius 3 is 2.48 bits per heavy atom. The molecule has 0 spiro atoms. The molecule has 0 saturated heterocycles. The van der Waals surface area contributed by atoms with Gasteiger partial charge >= 0.3 is 0 Å². The van der Waals surface area contributed by atoms with Gasteiger partial charge in [0.05, 0.1) is 17.0 Å². The van der Waals surface area contributed by atoms with Crippen molar-refractivity contribution < 1.29 is 9.59 Å². The van der Waals surface area contributed by atoms with E-state index >= 15 is 0 Å². The number of para-hydroxylation sites is 1. The van der Waals surface area contributed by atoms with Crippen LogP contribution >= 0.6 is 11.8 Å². The normalized spacial score (nSPS) is 10.9. The van der Waals surface area contributed by atoms with Crippen molar-refractivity contribution in [2.45, 2.75) is 19.0 Å². The molecule has 0 bridgehead atoms. The number of aromatic nitrogens is 3. The SMILES string of the molecule is CC(=O)c1ccc(NC(=O)CSc2nc3cc(C)[nH]c3c(=O)n2-c2ccccc2)cc1. The van der Waals surface area contributed by atoms with Crippen molar-refractivity contribution in [2.75, 3.05) is 11.1 Å². The zero-order valence-electron chi connectivity index (χ0n) is 17.0. The molecule has 0 aliphatic heterocycles. The van der Waals surface area contributed by atoms with Crippen molar-refractivity contribution in [3.05, 3.63) is 82.3 Å². The lowest BCUT2D eigenvalue weighted by molar-refractivity contribution is -0.113. The fraction of sp³-hybridized carbons (Fsp3) is 0.130. The van der Waals surface area contributed by atoms with Gasteiger partial charge in [0.1, 0.15) is 5.52 Å². The third-order valence-corrected chi connectivity index (χ3v) is 5.62. The first-order chi connectivity index (χ1) is 14.9. The minimum Gasteiger partial charge on any atom is -0.353 e. The molecule has 2 aromatic carbocycles. The minimum atomic E-state index is -0.236. The van der Waals surface area contributed by atoms with Crippen LogP contribution in [0.25, 0.3) is 16.7 Å². The molecule has 0 aliphatic rings. The van der Waals surface area contributed by atoms with Gasteiger partial charge in [0.25, 0.3) is 5.56 Å². The smallest absolute Gasteiger partial charge is 0.283 e. The van der Waals surface area contributed by atoms with Gasteiger partial charge in [-0.1, -0.05) is 30.0 Å². The molecule has 156 valence electrons. The van der Waals surface area contributed by atoms with Crippen LogP contribution in [-0.2, 0) is 4.79 Å². The Hall–Kier alpha value is -3.65. The predicted octanol–water partition coefficient (Wildman–Crippen LogP) is 3.96. The number of amides is 1. The number of nitrogens with zero attached hydrogens (tertiary/aromatic N) is 2. The molecule has 8 heteroatoms. The Morgan fingerprint density at radius 1 is 1.10 bits per heavy atom. The summed E-state index contributed by atoms with van der Waals surface area (Å²) in [6.45, 7) is 3.36. The molecule has 0 aliphatic carbocycles. The van der Waals surface area contributed by atoms with E-state index in [4.69, 9.17) is 0 Å². The van der Waals surface area contributed by atoms with E-state index in [1.54, 1.807) is 24.3 Å². The van der Waals surface area contributed by atoms with Crippen LogP contribution in [0.4, 0.5) is 5.69 Å². The van der Waals surface area contributed by atoms with Gasteiger partial charge in [-0.15, -0.1) is 0 Å². The first kappa shape index (κ1) is 20.6. The highest BCUT2D eigenvalue weighted by atomic mass is 32.2. The average molecular weight is 433 g/mol. The van der Waals surface area contributed by atoms with Gasteiger partial charge in [0.2, 0.25) is 5.91 Å². The quantitative estimate of drug-likeness (QED) is 0.273. The number of hydrogen-bond acceptors (Lipinski definition) is 5. The van der Waals surface area contributed by atoms with Crippen LogP contribution in [0.15, 0.2) is 70.6 Å². The summed E-state index contributed by atoms with van der Waals surface area (Å²) >= 11 is 1.19. The second-order valence-electron chi connectivity index (χ2n) is 7.05. The van der Waals surface area contributed by atoms with Gasteiger partial charge in [-0.2, -0.15) is 0 Å². The van der Waals surface area contributed by atoms with Crippen LogP contribution < -0.4 is 10.9 Å². The highest BCUT2D eigenvalue weighted by Crippen LogP contribution is 2.22. The molecule has 0 atom stereocenters. The minimum absolute atomic E-state index is 0.0335. The number of rotatable bonds is 6. The molecule has 2 N–H and O–H groups in total. The summed E-state index contributed by atoms with van der Waals surface area (Å²) in [6, 6.07) is 17.7. The molecule has 2 heterocycles. The van der Waals surface area contributed by atoms with E-state index in [1.165, 1.54) is 23.3 Å². The van der Waals surface area contributed by atoms with Crippen molar-refractivity contribution in [1.82, 2.24) is 14.5 Å². The molecule has 0 unspecified atom stereocenters. The van der Waals surface area contributed by atoms with Gasteiger partial charge in [-0.05, 0) is 56.3 Å². The molecule has 2 aromatic heterocycles. The Morgan fingerprint density at radius 2 is 1.81 bits per heavy atom. The van der Waals surface area contributed by atoms with Crippen LogP contribution in [0.2, 0.25) is 0 Å². The largest absolute Gasteiger partial charge is 0.353 e. The molecule has 4 aromatic rings. The average Bonchev–Trinajstić information content (AvgIpc) is 3.14. The van der Waals surface area contributed by atoms with Gasteiger partial charge in [-0.3, -0.25) is 19.0 Å². The maximum atomic E-state index is 13.1. The summed E-state index contributed by atoms with van der Waals surface area (Å²) in [5.41, 5.74) is 3.48. The van der Waals surface area contributed by atoms with E-state index in [2.05, 4.69) is 15.3 Å². The number of carbonyl (C=O) groups excluding carboxylic acids is 2. The lowest BCUT2D eigenvalue weighted by Gasteiger charge is -2.12. The number of H-pyrrole nitrogens is 1. The maximum absolute atomic E-state index is 13.1. The number of anilines is 1. The van der Waals surface area contributed by atoms with Crippen LogP contribution in [0, 0.1) is 6.92 Å². The van der Waals surface area contributed by atoms with E-state index in [-0.39, 0.29) is 23.0 Å². The number of thioether (sulfide) groups is 1. The van der Waals surface area contributed by atoms with Crippen molar-refractivity contribution in [3.63, 3.8) is 0 Å². The number of aromatic amines is 1. The Bertz CT molecular complexity index is 1320. The maximum Gasteiger partial charge on any atom is 0.283 e. The lowest BCUT2D eigenvalue weighted by atomic mass is 10.1. The van der Waals surface area contributed by atoms with E-state index in [0.29, 0.717) is 33.1 Å². The summed E-state index contributed by atoms with van der Waals surface area (Å²) < 4.78 is 1.51. The molecule has 4 rings (SSSR count). The number of ketones is 1. The number of fused-ring (bicyclic) bond motifs is 1. The zero-order valence-corrected chi connectivity index (χ0v) is 17.8. The second kappa shape index (κ2) is 8.61. The van der Waals surface area contributed by atoms with E-state index in [0.717, 1.165) is 5.69 Å². The highest BCUT2D eigenvalue weighted by molar-refractivity contribution is 7.99. The molecular formula is C23H20N4O3S. The van der Waals surface area contributed by atoms with Crippen molar-refractivity contribution in [3.8, 4) is 5.69 Å². The van der Waals surface area contributed by atoms with Crippen LogP contribution in [0.3, 0.4) is 0 Å².